The molecule has 0 spiro atoms. The monoisotopic (exact) mass is 273 g/mol. The second-order valence-electron chi connectivity index (χ2n) is 5.35. The molecule has 1 aliphatic rings. The molecule has 4 heteroatoms. The summed E-state index contributed by atoms with van der Waals surface area (Å²) in [6.45, 7) is 5.36. The van der Waals surface area contributed by atoms with E-state index in [1.165, 1.54) is 23.4 Å². The van der Waals surface area contributed by atoms with Gasteiger partial charge in [0.2, 0.25) is 0 Å². The first-order valence-corrected chi connectivity index (χ1v) is 7.70. The summed E-state index contributed by atoms with van der Waals surface area (Å²) in [6, 6.07) is 6.72. The van der Waals surface area contributed by atoms with Crippen molar-refractivity contribution in [2.75, 3.05) is 0 Å². The highest BCUT2D eigenvalue weighted by Gasteiger charge is 2.22. The first-order valence-electron chi connectivity index (χ1n) is 6.88. The molecule has 0 aliphatic heterocycles. The lowest BCUT2D eigenvalue weighted by molar-refractivity contribution is 0.681. The molecule has 3 rings (SSSR count). The molecule has 0 saturated heterocycles. The van der Waals surface area contributed by atoms with Crippen LogP contribution in [0.3, 0.4) is 0 Å². The largest absolute Gasteiger partial charge is 0.309 e. The van der Waals surface area contributed by atoms with Crippen LogP contribution in [-0.4, -0.2) is 16.0 Å². The van der Waals surface area contributed by atoms with Crippen LogP contribution in [0.4, 0.5) is 0 Å². The third-order valence-electron chi connectivity index (χ3n) is 3.29. The Morgan fingerprint density at radius 3 is 2.84 bits per heavy atom. The van der Waals surface area contributed by atoms with Crippen LogP contribution >= 0.6 is 11.3 Å². The standard InChI is InChI=1S/C15H19N3S/c1-10(2)14-13(9-17-11-6-7-11)19-15(18-14)12-5-3-4-8-16-12/h3-5,8,10-11,17H,6-7,9H2,1-2H3. The predicted octanol–water partition coefficient (Wildman–Crippen LogP) is 3.58. The van der Waals surface area contributed by atoms with Gasteiger partial charge in [0, 0.05) is 23.7 Å². The Bertz CT molecular complexity index is 544. The second kappa shape index (κ2) is 5.39. The van der Waals surface area contributed by atoms with Crippen molar-refractivity contribution in [3.8, 4) is 10.7 Å². The van der Waals surface area contributed by atoms with Crippen LogP contribution in [0.5, 0.6) is 0 Å². The van der Waals surface area contributed by atoms with E-state index in [9.17, 15) is 0 Å². The molecule has 2 aromatic rings. The molecule has 0 unspecified atom stereocenters. The maximum absolute atomic E-state index is 4.79. The molecule has 0 bridgehead atoms. The van der Waals surface area contributed by atoms with E-state index in [1.807, 2.05) is 24.4 Å². The highest BCUT2D eigenvalue weighted by atomic mass is 32.1. The Morgan fingerprint density at radius 2 is 2.21 bits per heavy atom. The Labute approximate surface area is 118 Å². The fourth-order valence-corrected chi connectivity index (χ4v) is 3.21. The summed E-state index contributed by atoms with van der Waals surface area (Å²) in [5.41, 5.74) is 2.20. The zero-order valence-corrected chi connectivity index (χ0v) is 12.2. The molecule has 19 heavy (non-hydrogen) atoms. The average Bonchev–Trinajstić information content (AvgIpc) is 3.15. The lowest BCUT2D eigenvalue weighted by Crippen LogP contribution is -2.15. The van der Waals surface area contributed by atoms with Crippen LogP contribution in [-0.2, 0) is 6.54 Å². The predicted molar refractivity (Wildman–Crippen MR) is 79.3 cm³/mol. The number of rotatable bonds is 5. The van der Waals surface area contributed by atoms with E-state index >= 15 is 0 Å². The zero-order chi connectivity index (χ0) is 13.2. The summed E-state index contributed by atoms with van der Waals surface area (Å²) < 4.78 is 0. The van der Waals surface area contributed by atoms with Crippen molar-refractivity contribution >= 4 is 11.3 Å². The van der Waals surface area contributed by atoms with Crippen LogP contribution in [0.15, 0.2) is 24.4 Å². The van der Waals surface area contributed by atoms with Gasteiger partial charge in [-0.2, -0.15) is 0 Å². The van der Waals surface area contributed by atoms with Gasteiger partial charge in [-0.1, -0.05) is 19.9 Å². The van der Waals surface area contributed by atoms with Crippen molar-refractivity contribution < 1.29 is 0 Å². The summed E-state index contributed by atoms with van der Waals surface area (Å²) in [5, 5.41) is 4.62. The van der Waals surface area contributed by atoms with Gasteiger partial charge >= 0.3 is 0 Å². The highest BCUT2D eigenvalue weighted by Crippen LogP contribution is 2.31. The maximum atomic E-state index is 4.79. The Kier molecular flexibility index (Phi) is 3.62. The third-order valence-corrected chi connectivity index (χ3v) is 4.38. The molecule has 1 fully saturated rings. The molecule has 0 atom stereocenters. The van der Waals surface area contributed by atoms with Gasteiger partial charge in [-0.3, -0.25) is 4.98 Å². The van der Waals surface area contributed by atoms with Crippen LogP contribution in [0.1, 0.15) is 43.2 Å². The molecule has 0 amide bonds. The minimum absolute atomic E-state index is 0.463. The van der Waals surface area contributed by atoms with E-state index in [-0.39, 0.29) is 0 Å². The molecule has 0 aromatic carbocycles. The van der Waals surface area contributed by atoms with Gasteiger partial charge in [0.05, 0.1) is 11.4 Å². The van der Waals surface area contributed by atoms with Gasteiger partial charge < -0.3 is 5.32 Å². The van der Waals surface area contributed by atoms with Crippen molar-refractivity contribution in [3.63, 3.8) is 0 Å². The van der Waals surface area contributed by atoms with Crippen LogP contribution in [0.25, 0.3) is 10.7 Å². The van der Waals surface area contributed by atoms with E-state index in [4.69, 9.17) is 4.98 Å². The van der Waals surface area contributed by atoms with Crippen LogP contribution in [0.2, 0.25) is 0 Å². The van der Waals surface area contributed by atoms with E-state index < -0.39 is 0 Å². The van der Waals surface area contributed by atoms with E-state index in [0.717, 1.165) is 23.3 Å². The minimum Gasteiger partial charge on any atom is -0.309 e. The quantitative estimate of drug-likeness (QED) is 0.905. The van der Waals surface area contributed by atoms with Gasteiger partial charge in [-0.15, -0.1) is 11.3 Å². The van der Waals surface area contributed by atoms with Crippen molar-refractivity contribution in [1.82, 2.24) is 15.3 Å². The number of aromatic nitrogens is 2. The molecule has 1 N–H and O–H groups in total. The van der Waals surface area contributed by atoms with Gasteiger partial charge in [-0.05, 0) is 30.9 Å². The summed E-state index contributed by atoms with van der Waals surface area (Å²) in [6.07, 6.45) is 4.47. The summed E-state index contributed by atoms with van der Waals surface area (Å²) in [7, 11) is 0. The number of nitrogens with one attached hydrogen (secondary N) is 1. The highest BCUT2D eigenvalue weighted by molar-refractivity contribution is 7.15. The summed E-state index contributed by atoms with van der Waals surface area (Å²) in [5.74, 6) is 0.463. The van der Waals surface area contributed by atoms with Gasteiger partial charge in [0.25, 0.3) is 0 Å². The number of thiazole rings is 1. The third kappa shape index (κ3) is 3.01. The Balaban J connectivity index is 1.87. The van der Waals surface area contributed by atoms with Crippen molar-refractivity contribution in [2.24, 2.45) is 0 Å². The van der Waals surface area contributed by atoms with Crippen LogP contribution < -0.4 is 5.32 Å². The van der Waals surface area contributed by atoms with E-state index in [2.05, 4.69) is 24.1 Å². The van der Waals surface area contributed by atoms with Gasteiger partial charge in [-0.25, -0.2) is 4.98 Å². The van der Waals surface area contributed by atoms with Crippen molar-refractivity contribution in [2.45, 2.75) is 45.2 Å². The summed E-state index contributed by atoms with van der Waals surface area (Å²) >= 11 is 1.77. The number of hydrogen-bond donors (Lipinski definition) is 1. The fourth-order valence-electron chi connectivity index (χ4n) is 2.06. The molecular formula is C15H19N3S. The molecule has 3 nitrogen and oxygen atoms in total. The minimum atomic E-state index is 0.463. The topological polar surface area (TPSA) is 37.8 Å². The fraction of sp³-hybridized carbons (Fsp3) is 0.467. The normalized spacial score (nSPS) is 15.1. The van der Waals surface area contributed by atoms with E-state index in [0.29, 0.717) is 5.92 Å². The van der Waals surface area contributed by atoms with Crippen molar-refractivity contribution in [1.29, 1.82) is 0 Å². The maximum Gasteiger partial charge on any atom is 0.142 e. The average molecular weight is 273 g/mol. The van der Waals surface area contributed by atoms with Crippen LogP contribution in [0, 0.1) is 0 Å². The molecule has 2 aromatic heterocycles. The van der Waals surface area contributed by atoms with Gasteiger partial charge in [0.15, 0.2) is 0 Å². The lowest BCUT2D eigenvalue weighted by atomic mass is 10.1. The number of nitrogens with zero attached hydrogens (tertiary/aromatic N) is 2. The number of hydrogen-bond acceptors (Lipinski definition) is 4. The second-order valence-corrected chi connectivity index (χ2v) is 6.44. The molecule has 2 heterocycles. The first kappa shape index (κ1) is 12.8. The first-order chi connectivity index (χ1) is 9.24. The molecule has 100 valence electrons. The SMILES string of the molecule is CC(C)c1nc(-c2ccccn2)sc1CNC1CC1. The molecule has 1 saturated carbocycles. The summed E-state index contributed by atoms with van der Waals surface area (Å²) in [4.78, 5) is 10.6. The van der Waals surface area contributed by atoms with E-state index in [1.54, 1.807) is 11.3 Å². The zero-order valence-electron chi connectivity index (χ0n) is 11.4. The van der Waals surface area contributed by atoms with Crippen molar-refractivity contribution in [3.05, 3.63) is 35.0 Å². The smallest absolute Gasteiger partial charge is 0.142 e. The van der Waals surface area contributed by atoms with Gasteiger partial charge in [0.1, 0.15) is 5.01 Å². The molecule has 0 radical (unpaired) electrons. The Morgan fingerprint density at radius 1 is 1.37 bits per heavy atom. The molecule has 1 aliphatic carbocycles. The molecular weight excluding hydrogens is 254 g/mol. The number of pyridine rings is 1. The Hall–Kier alpha value is -1.26. The lowest BCUT2D eigenvalue weighted by Gasteiger charge is -2.05.